The van der Waals surface area contributed by atoms with Gasteiger partial charge in [0.1, 0.15) is 0 Å². The molecule has 0 heterocycles. The van der Waals surface area contributed by atoms with E-state index in [9.17, 15) is 9.59 Å². The second-order valence-electron chi connectivity index (χ2n) is 1.81. The molecular formula is C11H13NO4. The smallest absolute Gasteiger partial charge is 0.328 e. The predicted molar refractivity (Wildman–Crippen MR) is 60.6 cm³/mol. The molecular weight excluding hydrogens is 210 g/mol. The van der Waals surface area contributed by atoms with Gasteiger partial charge in [-0.05, 0) is 0 Å². The summed E-state index contributed by atoms with van der Waals surface area (Å²) >= 11 is 0. The van der Waals surface area contributed by atoms with Crippen molar-refractivity contribution in [3.63, 3.8) is 0 Å². The number of carboxylic acids is 2. The van der Waals surface area contributed by atoms with Gasteiger partial charge in [-0.2, -0.15) is 5.26 Å². The number of allylic oxidation sites excluding steroid dienone is 3. The van der Waals surface area contributed by atoms with E-state index in [2.05, 4.69) is 19.7 Å². The van der Waals surface area contributed by atoms with Crippen LogP contribution in [0.2, 0.25) is 0 Å². The number of nitrogens with zero attached hydrogens (tertiary/aromatic N) is 1. The van der Waals surface area contributed by atoms with Crippen molar-refractivity contribution < 1.29 is 19.8 Å². The van der Waals surface area contributed by atoms with Gasteiger partial charge in [0.25, 0.3) is 0 Å². The van der Waals surface area contributed by atoms with E-state index in [0.29, 0.717) is 12.2 Å². The Kier molecular flexibility index (Phi) is 21.7. The quantitative estimate of drug-likeness (QED) is 0.431. The first-order chi connectivity index (χ1) is 7.45. The minimum atomic E-state index is -1.26. The third kappa shape index (κ3) is 63.8. The number of nitriles is 1. The largest absolute Gasteiger partial charge is 0.478 e. The molecule has 0 aliphatic rings. The topological polar surface area (TPSA) is 98.4 Å². The molecule has 16 heavy (non-hydrogen) atoms. The lowest BCUT2D eigenvalue weighted by Crippen LogP contribution is -1.91. The Balaban J connectivity index is -0.000000179. The summed E-state index contributed by atoms with van der Waals surface area (Å²) in [6, 6.07) is 1.69. The molecule has 0 unspecified atom stereocenters. The van der Waals surface area contributed by atoms with Gasteiger partial charge in [0.2, 0.25) is 0 Å². The maximum Gasteiger partial charge on any atom is 0.328 e. The van der Waals surface area contributed by atoms with Crippen molar-refractivity contribution in [3.8, 4) is 6.07 Å². The molecule has 0 amide bonds. The van der Waals surface area contributed by atoms with E-state index in [0.717, 1.165) is 0 Å². The van der Waals surface area contributed by atoms with Crippen LogP contribution in [-0.2, 0) is 9.59 Å². The number of hydrogen-bond acceptors (Lipinski definition) is 3. The lowest BCUT2D eigenvalue weighted by Gasteiger charge is -1.74. The van der Waals surface area contributed by atoms with E-state index >= 15 is 0 Å². The molecule has 0 rings (SSSR count). The first-order valence-electron chi connectivity index (χ1n) is 3.84. The van der Waals surface area contributed by atoms with Crippen LogP contribution in [0.25, 0.3) is 0 Å². The van der Waals surface area contributed by atoms with E-state index in [-0.39, 0.29) is 0 Å². The second-order valence-corrected chi connectivity index (χ2v) is 1.81. The maximum absolute atomic E-state index is 9.55. The summed E-state index contributed by atoms with van der Waals surface area (Å²) in [7, 11) is 0. The average Bonchev–Trinajstić information content (AvgIpc) is 2.27. The Morgan fingerprint density at radius 1 is 1.00 bits per heavy atom. The number of carbonyl (C=O) groups is 2. The van der Waals surface area contributed by atoms with E-state index < -0.39 is 11.9 Å². The van der Waals surface area contributed by atoms with Gasteiger partial charge in [-0.3, -0.25) is 0 Å². The molecule has 86 valence electrons. The summed E-state index contributed by atoms with van der Waals surface area (Å²) in [6.07, 6.45) is 5.57. The van der Waals surface area contributed by atoms with Crippen LogP contribution in [0.4, 0.5) is 0 Å². The van der Waals surface area contributed by atoms with Gasteiger partial charge in [0.05, 0.1) is 6.07 Å². The Labute approximate surface area is 93.9 Å². The van der Waals surface area contributed by atoms with Gasteiger partial charge in [-0.15, -0.1) is 0 Å². The first-order valence-corrected chi connectivity index (χ1v) is 3.84. The fraction of sp³-hybridized carbons (Fsp3) is 0. The van der Waals surface area contributed by atoms with Crippen molar-refractivity contribution in [1.82, 2.24) is 0 Å². The fourth-order valence-corrected chi connectivity index (χ4v) is 0.143. The molecule has 0 aromatic heterocycles. The molecule has 0 aromatic carbocycles. The third-order valence-corrected chi connectivity index (χ3v) is 0.626. The van der Waals surface area contributed by atoms with Crippen molar-refractivity contribution in [2.45, 2.75) is 0 Å². The lowest BCUT2D eigenvalue weighted by molar-refractivity contribution is -0.134. The normalized spacial score (nSPS) is 6.94. The van der Waals surface area contributed by atoms with Crippen LogP contribution in [0, 0.1) is 11.3 Å². The predicted octanol–water partition coefficient (Wildman–Crippen LogP) is 1.77. The number of aliphatic carboxylic acids is 2. The molecule has 0 spiro atoms. The summed E-state index contributed by atoms with van der Waals surface area (Å²) in [5, 5.41) is 23.1. The molecule has 0 aromatic rings. The SMILES string of the molecule is C=CC#N.C=CC=C.O=C(O)/C=C\C(=O)O. The third-order valence-electron chi connectivity index (χ3n) is 0.626. The van der Waals surface area contributed by atoms with Crippen molar-refractivity contribution >= 4 is 11.9 Å². The van der Waals surface area contributed by atoms with Crippen LogP contribution < -0.4 is 0 Å². The highest BCUT2D eigenvalue weighted by Gasteiger charge is 1.88. The van der Waals surface area contributed by atoms with Gasteiger partial charge in [-0.1, -0.05) is 31.9 Å². The summed E-state index contributed by atoms with van der Waals surface area (Å²) in [5.41, 5.74) is 0. The summed E-state index contributed by atoms with van der Waals surface area (Å²) < 4.78 is 0. The molecule has 0 saturated heterocycles. The number of rotatable bonds is 3. The van der Waals surface area contributed by atoms with Gasteiger partial charge < -0.3 is 10.2 Å². The van der Waals surface area contributed by atoms with Crippen LogP contribution in [0.5, 0.6) is 0 Å². The monoisotopic (exact) mass is 223 g/mol. The molecule has 0 bridgehead atoms. The van der Waals surface area contributed by atoms with Crippen molar-refractivity contribution in [2.75, 3.05) is 0 Å². The molecule has 0 radical (unpaired) electrons. The molecule has 0 aliphatic carbocycles. The Morgan fingerprint density at radius 2 is 1.25 bits per heavy atom. The van der Waals surface area contributed by atoms with Crippen LogP contribution in [0.15, 0.2) is 50.1 Å². The van der Waals surface area contributed by atoms with E-state index in [1.165, 1.54) is 6.08 Å². The van der Waals surface area contributed by atoms with Crippen molar-refractivity contribution in [2.24, 2.45) is 0 Å². The molecule has 5 heteroatoms. The number of carboxylic acid groups (broad SMARTS) is 2. The van der Waals surface area contributed by atoms with Crippen LogP contribution >= 0.6 is 0 Å². The minimum absolute atomic E-state index is 0.558. The Morgan fingerprint density at radius 3 is 1.31 bits per heavy atom. The molecule has 5 nitrogen and oxygen atoms in total. The first kappa shape index (κ1) is 19.0. The van der Waals surface area contributed by atoms with E-state index in [1.54, 1.807) is 18.2 Å². The summed E-state index contributed by atoms with van der Waals surface area (Å²) in [4.78, 5) is 19.1. The zero-order chi connectivity index (χ0) is 13.4. The van der Waals surface area contributed by atoms with Crippen LogP contribution in [0.3, 0.4) is 0 Å². The summed E-state index contributed by atoms with van der Waals surface area (Å²) in [5.74, 6) is -2.51. The fourth-order valence-electron chi connectivity index (χ4n) is 0.143. The highest BCUT2D eigenvalue weighted by molar-refractivity contribution is 5.89. The van der Waals surface area contributed by atoms with Gasteiger partial charge in [-0.25, -0.2) is 9.59 Å². The molecule has 0 atom stereocenters. The zero-order valence-electron chi connectivity index (χ0n) is 8.67. The standard InChI is InChI=1S/C4H4O4.C4H6.C3H3N/c5-3(6)1-2-4(7)8;1-3-4-2;1-2-3-4/h1-2H,(H,5,6)(H,7,8);3-4H,1-2H2;2H,1H2/b2-1-;;. The minimum Gasteiger partial charge on any atom is -0.478 e. The highest BCUT2D eigenvalue weighted by atomic mass is 16.4. The zero-order valence-corrected chi connectivity index (χ0v) is 8.67. The summed E-state index contributed by atoms with van der Waals surface area (Å²) in [6.45, 7) is 9.84. The molecule has 0 saturated carbocycles. The highest BCUT2D eigenvalue weighted by Crippen LogP contribution is 1.70. The Bertz CT molecular complexity index is 288. The number of hydrogen-bond donors (Lipinski definition) is 2. The van der Waals surface area contributed by atoms with Crippen molar-refractivity contribution in [3.05, 3.63) is 50.1 Å². The van der Waals surface area contributed by atoms with Crippen LogP contribution in [0.1, 0.15) is 0 Å². The average molecular weight is 223 g/mol. The maximum atomic E-state index is 9.55. The molecule has 0 fully saturated rings. The Hall–Kier alpha value is -2.61. The molecule has 0 aliphatic heterocycles. The lowest BCUT2D eigenvalue weighted by atomic mass is 10.5. The van der Waals surface area contributed by atoms with Gasteiger partial charge in [0, 0.05) is 18.2 Å². The van der Waals surface area contributed by atoms with Gasteiger partial charge >= 0.3 is 11.9 Å². The van der Waals surface area contributed by atoms with E-state index in [4.69, 9.17) is 15.5 Å². The second kappa shape index (κ2) is 18.2. The van der Waals surface area contributed by atoms with Crippen molar-refractivity contribution in [1.29, 1.82) is 5.26 Å². The van der Waals surface area contributed by atoms with E-state index in [1.807, 2.05) is 0 Å². The molecule has 2 N–H and O–H groups in total. The van der Waals surface area contributed by atoms with Crippen LogP contribution in [-0.4, -0.2) is 22.2 Å². The van der Waals surface area contributed by atoms with Gasteiger partial charge in [0.15, 0.2) is 0 Å².